The molecule has 0 spiro atoms. The summed E-state index contributed by atoms with van der Waals surface area (Å²) >= 11 is 3.43. The molecule has 0 atom stereocenters. The van der Waals surface area contributed by atoms with Crippen molar-refractivity contribution < 1.29 is 4.79 Å². The number of halogens is 1. The fourth-order valence-electron chi connectivity index (χ4n) is 1.37. The van der Waals surface area contributed by atoms with E-state index in [1.54, 1.807) is 11.4 Å². The van der Waals surface area contributed by atoms with Crippen LogP contribution >= 0.6 is 15.9 Å². The summed E-state index contributed by atoms with van der Waals surface area (Å²) in [5.41, 5.74) is 1.80. The van der Waals surface area contributed by atoms with Crippen LogP contribution in [0.25, 0.3) is 5.52 Å². The van der Waals surface area contributed by atoms with Crippen LogP contribution in [0.1, 0.15) is 12.6 Å². The lowest BCUT2D eigenvalue weighted by molar-refractivity contribution is -0.116. The highest BCUT2D eigenvalue weighted by Crippen LogP contribution is 2.18. The van der Waals surface area contributed by atoms with E-state index in [9.17, 15) is 4.79 Å². The second-order valence-electron chi connectivity index (χ2n) is 3.20. The SMILES string of the molecule is CC(=O)Cc1cc2c(Br)cccn2n1. The Bertz CT molecular complexity index is 490. The zero-order valence-electron chi connectivity index (χ0n) is 7.70. The standard InChI is InChI=1S/C10H9BrN2O/c1-7(14)5-8-6-10-9(11)3-2-4-13(10)12-8/h2-4,6H,5H2,1H3. The molecule has 4 heteroatoms. The first-order valence-corrected chi connectivity index (χ1v) is 5.08. The third kappa shape index (κ3) is 1.70. The van der Waals surface area contributed by atoms with E-state index in [1.807, 2.05) is 24.4 Å². The molecular weight excluding hydrogens is 244 g/mol. The molecule has 0 saturated carbocycles. The largest absolute Gasteiger partial charge is 0.300 e. The maximum atomic E-state index is 10.9. The predicted molar refractivity (Wildman–Crippen MR) is 57.3 cm³/mol. The molecule has 2 aromatic rings. The third-order valence-corrected chi connectivity index (χ3v) is 2.60. The molecule has 2 aromatic heterocycles. The second kappa shape index (κ2) is 3.53. The summed E-state index contributed by atoms with van der Waals surface area (Å²) in [5, 5.41) is 4.28. The van der Waals surface area contributed by atoms with Crippen molar-refractivity contribution in [1.82, 2.24) is 9.61 Å². The van der Waals surface area contributed by atoms with Crippen molar-refractivity contribution in [3.05, 3.63) is 34.6 Å². The van der Waals surface area contributed by atoms with Gasteiger partial charge in [-0.3, -0.25) is 4.79 Å². The summed E-state index contributed by atoms with van der Waals surface area (Å²) in [7, 11) is 0. The maximum absolute atomic E-state index is 10.9. The first-order valence-electron chi connectivity index (χ1n) is 4.29. The van der Waals surface area contributed by atoms with Crippen molar-refractivity contribution in [1.29, 1.82) is 0 Å². The van der Waals surface area contributed by atoms with Gasteiger partial charge in [0.25, 0.3) is 0 Å². The number of fused-ring (bicyclic) bond motifs is 1. The zero-order valence-corrected chi connectivity index (χ0v) is 9.28. The highest BCUT2D eigenvalue weighted by Gasteiger charge is 2.05. The Hall–Kier alpha value is -1.16. The van der Waals surface area contributed by atoms with E-state index in [-0.39, 0.29) is 5.78 Å². The minimum absolute atomic E-state index is 0.129. The number of hydrogen-bond acceptors (Lipinski definition) is 2. The topological polar surface area (TPSA) is 34.4 Å². The summed E-state index contributed by atoms with van der Waals surface area (Å²) < 4.78 is 2.75. The lowest BCUT2D eigenvalue weighted by Gasteiger charge is -1.92. The Morgan fingerprint density at radius 1 is 1.64 bits per heavy atom. The molecule has 0 N–H and O–H groups in total. The Labute approximate surface area is 89.9 Å². The first kappa shape index (κ1) is 9.40. The lowest BCUT2D eigenvalue weighted by atomic mass is 10.2. The maximum Gasteiger partial charge on any atom is 0.135 e. The van der Waals surface area contributed by atoms with Crippen LogP contribution in [-0.2, 0) is 11.2 Å². The third-order valence-electron chi connectivity index (χ3n) is 1.93. The molecule has 14 heavy (non-hydrogen) atoms. The Morgan fingerprint density at radius 3 is 3.07 bits per heavy atom. The quantitative estimate of drug-likeness (QED) is 0.822. The van der Waals surface area contributed by atoms with Crippen LogP contribution in [0.15, 0.2) is 28.9 Å². The van der Waals surface area contributed by atoms with Crippen LogP contribution in [0.3, 0.4) is 0 Å². The number of ketones is 1. The van der Waals surface area contributed by atoms with E-state index < -0.39 is 0 Å². The predicted octanol–water partition coefficient (Wildman–Crippen LogP) is 2.23. The van der Waals surface area contributed by atoms with Gasteiger partial charge < -0.3 is 0 Å². The van der Waals surface area contributed by atoms with E-state index in [1.165, 1.54) is 0 Å². The highest BCUT2D eigenvalue weighted by atomic mass is 79.9. The minimum atomic E-state index is 0.129. The molecule has 0 aliphatic heterocycles. The van der Waals surface area contributed by atoms with Gasteiger partial charge in [0.1, 0.15) is 5.78 Å². The Kier molecular flexibility index (Phi) is 2.37. The van der Waals surface area contributed by atoms with Gasteiger partial charge in [-0.1, -0.05) is 0 Å². The Balaban J connectivity index is 2.51. The summed E-state index contributed by atoms with van der Waals surface area (Å²) in [4.78, 5) is 10.9. The monoisotopic (exact) mass is 252 g/mol. The molecule has 2 rings (SSSR count). The summed E-state index contributed by atoms with van der Waals surface area (Å²) in [5.74, 6) is 0.129. The zero-order chi connectivity index (χ0) is 10.1. The van der Waals surface area contributed by atoms with Crippen LogP contribution in [0.5, 0.6) is 0 Å². The minimum Gasteiger partial charge on any atom is -0.300 e. The van der Waals surface area contributed by atoms with Gasteiger partial charge in [-0.15, -0.1) is 0 Å². The van der Waals surface area contributed by atoms with Crippen molar-refractivity contribution in [2.75, 3.05) is 0 Å². The van der Waals surface area contributed by atoms with Crippen molar-refractivity contribution >= 4 is 27.2 Å². The average molecular weight is 253 g/mol. The molecule has 2 heterocycles. The van der Waals surface area contributed by atoms with Gasteiger partial charge in [-0.25, -0.2) is 4.52 Å². The number of rotatable bonds is 2. The molecule has 0 saturated heterocycles. The molecule has 0 amide bonds. The number of nitrogens with zero attached hydrogens (tertiary/aromatic N) is 2. The van der Waals surface area contributed by atoms with Gasteiger partial charge >= 0.3 is 0 Å². The molecule has 0 radical (unpaired) electrons. The number of pyridine rings is 1. The fourth-order valence-corrected chi connectivity index (χ4v) is 1.82. The van der Waals surface area contributed by atoms with Gasteiger partial charge in [0.15, 0.2) is 0 Å². The van der Waals surface area contributed by atoms with Crippen LogP contribution in [0.2, 0.25) is 0 Å². The molecule has 3 nitrogen and oxygen atoms in total. The lowest BCUT2D eigenvalue weighted by Crippen LogP contribution is -1.97. The number of hydrogen-bond donors (Lipinski definition) is 0. The number of carbonyl (C=O) groups excluding carboxylic acids is 1. The van der Waals surface area contributed by atoms with Gasteiger partial charge in [0, 0.05) is 10.7 Å². The van der Waals surface area contributed by atoms with Gasteiger partial charge in [-0.2, -0.15) is 5.10 Å². The molecule has 72 valence electrons. The van der Waals surface area contributed by atoms with E-state index in [0.717, 1.165) is 15.7 Å². The van der Waals surface area contributed by atoms with E-state index >= 15 is 0 Å². The molecule has 0 aliphatic carbocycles. The van der Waals surface area contributed by atoms with Crippen LogP contribution < -0.4 is 0 Å². The second-order valence-corrected chi connectivity index (χ2v) is 4.05. The van der Waals surface area contributed by atoms with Crippen molar-refractivity contribution in [3.63, 3.8) is 0 Å². The summed E-state index contributed by atoms with van der Waals surface area (Å²) in [6.07, 6.45) is 2.26. The number of carbonyl (C=O) groups is 1. The van der Waals surface area contributed by atoms with E-state index in [0.29, 0.717) is 6.42 Å². The molecule has 0 bridgehead atoms. The summed E-state index contributed by atoms with van der Waals surface area (Å²) in [6.45, 7) is 1.57. The highest BCUT2D eigenvalue weighted by molar-refractivity contribution is 9.10. The van der Waals surface area contributed by atoms with Crippen molar-refractivity contribution in [2.24, 2.45) is 0 Å². The van der Waals surface area contributed by atoms with Crippen molar-refractivity contribution in [2.45, 2.75) is 13.3 Å². The molecule has 0 unspecified atom stereocenters. The Morgan fingerprint density at radius 2 is 2.43 bits per heavy atom. The smallest absolute Gasteiger partial charge is 0.135 e. The van der Waals surface area contributed by atoms with Crippen LogP contribution in [0, 0.1) is 0 Å². The van der Waals surface area contributed by atoms with Crippen LogP contribution in [0.4, 0.5) is 0 Å². The molecular formula is C10H9BrN2O. The number of aromatic nitrogens is 2. The van der Waals surface area contributed by atoms with Gasteiger partial charge in [0.05, 0.1) is 17.6 Å². The normalized spacial score (nSPS) is 10.7. The number of Topliss-reactive ketones (excluding diaryl/α,β-unsaturated/α-hetero) is 1. The molecule has 0 aromatic carbocycles. The first-order chi connectivity index (χ1) is 6.66. The van der Waals surface area contributed by atoms with Gasteiger partial charge in [-0.05, 0) is 41.1 Å². The molecule has 0 fully saturated rings. The average Bonchev–Trinajstić information content (AvgIpc) is 2.47. The van der Waals surface area contributed by atoms with Crippen molar-refractivity contribution in [3.8, 4) is 0 Å². The van der Waals surface area contributed by atoms with Gasteiger partial charge in [0.2, 0.25) is 0 Å². The molecule has 0 aliphatic rings. The van der Waals surface area contributed by atoms with E-state index in [2.05, 4.69) is 21.0 Å². The van der Waals surface area contributed by atoms with E-state index in [4.69, 9.17) is 0 Å². The summed E-state index contributed by atoms with van der Waals surface area (Å²) in [6, 6.07) is 5.78. The fraction of sp³-hybridized carbons (Fsp3) is 0.200. The van der Waals surface area contributed by atoms with Crippen LogP contribution in [-0.4, -0.2) is 15.4 Å².